The summed E-state index contributed by atoms with van der Waals surface area (Å²) in [6.45, 7) is 0. The maximum absolute atomic E-state index is 10.9. The molecule has 3 rings (SSSR count). The number of benzene rings is 1. The fourth-order valence-corrected chi connectivity index (χ4v) is 1.63. The van der Waals surface area contributed by atoms with E-state index in [0.29, 0.717) is 0 Å². The molecule has 0 amide bonds. The van der Waals surface area contributed by atoms with Gasteiger partial charge in [0, 0.05) is 17.1 Å². The van der Waals surface area contributed by atoms with Gasteiger partial charge in [-0.1, -0.05) is 12.1 Å². The minimum Gasteiger partial charge on any atom is -0.388 e. The zero-order valence-corrected chi connectivity index (χ0v) is 8.18. The summed E-state index contributed by atoms with van der Waals surface area (Å²) in [6.07, 6.45) is 1.72. The first kappa shape index (κ1) is 8.84. The highest BCUT2D eigenvalue weighted by molar-refractivity contribution is 5.92. The summed E-state index contributed by atoms with van der Waals surface area (Å²) in [5, 5.41) is 6.95. The van der Waals surface area contributed by atoms with Gasteiger partial charge in [-0.2, -0.15) is 0 Å². The van der Waals surface area contributed by atoms with Crippen LogP contribution in [0.5, 0.6) is 0 Å². The topological polar surface area (TPSA) is 71.8 Å². The van der Waals surface area contributed by atoms with Gasteiger partial charge in [-0.05, 0) is 18.2 Å². The number of hydrogen-bond acceptors (Lipinski definition) is 4. The fourth-order valence-electron chi connectivity index (χ4n) is 1.63. The van der Waals surface area contributed by atoms with E-state index in [4.69, 9.17) is 4.42 Å². The van der Waals surface area contributed by atoms with E-state index >= 15 is 0 Å². The molecule has 0 unspecified atom stereocenters. The number of aromatic amines is 1. The van der Waals surface area contributed by atoms with Crippen LogP contribution in [-0.2, 0) is 0 Å². The standard InChI is InChI=1S/C11H7N3O2/c15-11-14-13-10(16-11)8-3-1-5-9-7(8)4-2-6-12-9/h1-6H,(H,14,15). The van der Waals surface area contributed by atoms with Crippen LogP contribution in [0.4, 0.5) is 0 Å². The third kappa shape index (κ3) is 1.30. The largest absolute Gasteiger partial charge is 0.434 e. The van der Waals surface area contributed by atoms with Crippen molar-refractivity contribution >= 4 is 10.9 Å². The molecule has 0 saturated heterocycles. The molecule has 0 aliphatic carbocycles. The zero-order chi connectivity index (χ0) is 11.0. The van der Waals surface area contributed by atoms with Gasteiger partial charge < -0.3 is 4.42 Å². The molecular weight excluding hydrogens is 206 g/mol. The van der Waals surface area contributed by atoms with Crippen LogP contribution in [0.3, 0.4) is 0 Å². The second kappa shape index (κ2) is 3.30. The highest BCUT2D eigenvalue weighted by Gasteiger charge is 2.08. The number of H-pyrrole nitrogens is 1. The van der Waals surface area contributed by atoms with Crippen molar-refractivity contribution in [3.05, 3.63) is 47.1 Å². The number of nitrogens with one attached hydrogen (secondary N) is 1. The molecule has 5 heteroatoms. The first-order chi connectivity index (χ1) is 7.84. The molecule has 0 bridgehead atoms. The molecule has 78 valence electrons. The minimum atomic E-state index is -0.559. The van der Waals surface area contributed by atoms with E-state index < -0.39 is 5.76 Å². The summed E-state index contributed by atoms with van der Waals surface area (Å²) in [5.74, 6) is -0.278. The lowest BCUT2D eigenvalue weighted by Gasteiger charge is -2.00. The fraction of sp³-hybridized carbons (Fsp3) is 0. The van der Waals surface area contributed by atoms with Gasteiger partial charge in [0.05, 0.1) is 5.52 Å². The van der Waals surface area contributed by atoms with Gasteiger partial charge in [-0.3, -0.25) is 4.98 Å². The van der Waals surface area contributed by atoms with Crippen molar-refractivity contribution in [3.8, 4) is 11.5 Å². The summed E-state index contributed by atoms with van der Waals surface area (Å²) in [6, 6.07) is 9.31. The highest BCUT2D eigenvalue weighted by atomic mass is 16.4. The second-order valence-electron chi connectivity index (χ2n) is 3.29. The van der Waals surface area contributed by atoms with Crippen LogP contribution in [0, 0.1) is 0 Å². The first-order valence-electron chi connectivity index (χ1n) is 4.74. The van der Waals surface area contributed by atoms with E-state index in [9.17, 15) is 4.79 Å². The zero-order valence-electron chi connectivity index (χ0n) is 8.18. The van der Waals surface area contributed by atoms with Crippen molar-refractivity contribution in [2.45, 2.75) is 0 Å². The van der Waals surface area contributed by atoms with Crippen LogP contribution in [0.15, 0.2) is 45.7 Å². The Hall–Kier alpha value is -2.43. The van der Waals surface area contributed by atoms with Crippen molar-refractivity contribution in [2.75, 3.05) is 0 Å². The molecule has 5 nitrogen and oxygen atoms in total. The molecule has 0 radical (unpaired) electrons. The van der Waals surface area contributed by atoms with E-state index in [2.05, 4.69) is 15.2 Å². The number of rotatable bonds is 1. The molecule has 0 atom stereocenters. The molecule has 0 aliphatic heterocycles. The Labute approximate surface area is 89.8 Å². The monoisotopic (exact) mass is 213 g/mol. The van der Waals surface area contributed by atoms with Crippen LogP contribution in [0.1, 0.15) is 0 Å². The van der Waals surface area contributed by atoms with E-state index in [1.165, 1.54) is 0 Å². The third-order valence-corrected chi connectivity index (χ3v) is 2.31. The number of pyridine rings is 1. The van der Waals surface area contributed by atoms with Crippen LogP contribution >= 0.6 is 0 Å². The van der Waals surface area contributed by atoms with Gasteiger partial charge in [0.15, 0.2) is 0 Å². The Bertz CT molecular complexity index is 694. The van der Waals surface area contributed by atoms with Crippen LogP contribution in [0.2, 0.25) is 0 Å². The SMILES string of the molecule is O=c1[nH]nc(-c2cccc3ncccc23)o1. The van der Waals surface area contributed by atoms with Gasteiger partial charge in [0.2, 0.25) is 5.89 Å². The summed E-state index contributed by atoms with van der Waals surface area (Å²) in [5.41, 5.74) is 1.59. The van der Waals surface area contributed by atoms with Crippen molar-refractivity contribution < 1.29 is 4.42 Å². The molecule has 2 aromatic heterocycles. The van der Waals surface area contributed by atoms with Crippen LogP contribution in [-0.4, -0.2) is 15.2 Å². The lowest BCUT2D eigenvalue weighted by atomic mass is 10.1. The number of fused-ring (bicyclic) bond motifs is 1. The Kier molecular flexibility index (Phi) is 1.83. The lowest BCUT2D eigenvalue weighted by Crippen LogP contribution is -1.93. The van der Waals surface area contributed by atoms with Crippen LogP contribution < -0.4 is 5.76 Å². The molecule has 0 spiro atoms. The Balaban J connectivity index is 2.35. The van der Waals surface area contributed by atoms with Crippen molar-refractivity contribution in [1.29, 1.82) is 0 Å². The third-order valence-electron chi connectivity index (χ3n) is 2.31. The predicted molar refractivity (Wildman–Crippen MR) is 57.9 cm³/mol. The van der Waals surface area contributed by atoms with Gasteiger partial charge >= 0.3 is 5.76 Å². The summed E-state index contributed by atoms with van der Waals surface area (Å²) >= 11 is 0. The molecule has 0 saturated carbocycles. The van der Waals surface area contributed by atoms with Crippen molar-refractivity contribution in [2.24, 2.45) is 0 Å². The van der Waals surface area contributed by atoms with Crippen LogP contribution in [0.25, 0.3) is 22.4 Å². The smallest absolute Gasteiger partial charge is 0.388 e. The average molecular weight is 213 g/mol. The maximum Gasteiger partial charge on any atom is 0.434 e. The lowest BCUT2D eigenvalue weighted by molar-refractivity contribution is 0.527. The normalized spacial score (nSPS) is 10.8. The van der Waals surface area contributed by atoms with Gasteiger partial charge in [0.25, 0.3) is 0 Å². The molecule has 2 heterocycles. The first-order valence-corrected chi connectivity index (χ1v) is 4.74. The molecule has 16 heavy (non-hydrogen) atoms. The molecule has 1 aromatic carbocycles. The van der Waals surface area contributed by atoms with Gasteiger partial charge in [0.1, 0.15) is 0 Å². The Morgan fingerprint density at radius 2 is 2.12 bits per heavy atom. The Morgan fingerprint density at radius 1 is 1.19 bits per heavy atom. The van der Waals surface area contributed by atoms with E-state index in [-0.39, 0.29) is 5.89 Å². The summed E-state index contributed by atoms with van der Waals surface area (Å²) in [4.78, 5) is 15.1. The number of aromatic nitrogens is 3. The van der Waals surface area contributed by atoms with Crippen molar-refractivity contribution in [1.82, 2.24) is 15.2 Å². The number of hydrogen-bond donors (Lipinski definition) is 1. The van der Waals surface area contributed by atoms with E-state index in [0.717, 1.165) is 16.5 Å². The second-order valence-corrected chi connectivity index (χ2v) is 3.29. The van der Waals surface area contributed by atoms with Gasteiger partial charge in [-0.25, -0.2) is 9.89 Å². The van der Waals surface area contributed by atoms with Gasteiger partial charge in [-0.15, -0.1) is 5.10 Å². The average Bonchev–Trinajstić information content (AvgIpc) is 2.75. The quantitative estimate of drug-likeness (QED) is 0.666. The predicted octanol–water partition coefficient (Wildman–Crippen LogP) is 1.58. The van der Waals surface area contributed by atoms with E-state index in [1.807, 2.05) is 30.3 Å². The summed E-state index contributed by atoms with van der Waals surface area (Å²) in [7, 11) is 0. The Morgan fingerprint density at radius 3 is 2.94 bits per heavy atom. The van der Waals surface area contributed by atoms with E-state index in [1.54, 1.807) is 6.20 Å². The molecule has 1 N–H and O–H groups in total. The minimum absolute atomic E-state index is 0.281. The molecular formula is C11H7N3O2. The summed E-state index contributed by atoms with van der Waals surface area (Å²) < 4.78 is 4.93. The number of nitrogens with zero attached hydrogens (tertiary/aromatic N) is 2. The molecule has 3 aromatic rings. The highest BCUT2D eigenvalue weighted by Crippen LogP contribution is 2.24. The molecule has 0 aliphatic rings. The maximum atomic E-state index is 10.9. The molecule has 0 fully saturated rings. The van der Waals surface area contributed by atoms with Crippen molar-refractivity contribution in [3.63, 3.8) is 0 Å².